The fourth-order valence-corrected chi connectivity index (χ4v) is 2.98. The zero-order valence-corrected chi connectivity index (χ0v) is 16.7. The first kappa shape index (κ1) is 20.8. The van der Waals surface area contributed by atoms with Crippen LogP contribution in [0.2, 0.25) is 0 Å². The third-order valence-corrected chi connectivity index (χ3v) is 4.55. The number of amides is 2. The Morgan fingerprint density at radius 1 is 1.00 bits per heavy atom. The zero-order valence-electron chi connectivity index (χ0n) is 16.7. The van der Waals surface area contributed by atoms with Crippen LogP contribution in [-0.2, 0) is 13.2 Å². The SMILES string of the molecule is CC(C)[C@H](CNC(=O)NCc1ccccc1OCc1ccccc1)N(C)C. The average Bonchev–Trinajstić information content (AvgIpc) is 2.65. The van der Waals surface area contributed by atoms with Gasteiger partial charge in [0.05, 0.1) is 0 Å². The van der Waals surface area contributed by atoms with Crippen molar-refractivity contribution in [2.45, 2.75) is 33.0 Å². The van der Waals surface area contributed by atoms with E-state index in [0.29, 0.717) is 31.7 Å². The van der Waals surface area contributed by atoms with Gasteiger partial charge in [-0.25, -0.2) is 4.79 Å². The maximum atomic E-state index is 12.2. The van der Waals surface area contributed by atoms with Gasteiger partial charge < -0.3 is 20.3 Å². The monoisotopic (exact) mass is 369 g/mol. The molecule has 2 rings (SSSR count). The van der Waals surface area contributed by atoms with Gasteiger partial charge in [-0.2, -0.15) is 0 Å². The van der Waals surface area contributed by atoms with E-state index in [1.54, 1.807) is 0 Å². The average molecular weight is 370 g/mol. The highest BCUT2D eigenvalue weighted by Crippen LogP contribution is 2.19. The molecule has 0 aliphatic heterocycles. The van der Waals surface area contributed by atoms with Gasteiger partial charge in [-0.05, 0) is 31.6 Å². The van der Waals surface area contributed by atoms with E-state index in [1.807, 2.05) is 68.7 Å². The second kappa shape index (κ2) is 10.6. The number of nitrogens with one attached hydrogen (secondary N) is 2. The number of carbonyl (C=O) groups is 1. The normalized spacial score (nSPS) is 12.1. The minimum atomic E-state index is -0.166. The van der Waals surface area contributed by atoms with E-state index in [2.05, 4.69) is 29.4 Å². The van der Waals surface area contributed by atoms with Gasteiger partial charge in [-0.15, -0.1) is 0 Å². The predicted molar refractivity (Wildman–Crippen MR) is 110 cm³/mol. The molecule has 0 radical (unpaired) electrons. The van der Waals surface area contributed by atoms with Crippen LogP contribution in [0, 0.1) is 5.92 Å². The lowest BCUT2D eigenvalue weighted by Crippen LogP contribution is -2.46. The Labute approximate surface area is 162 Å². The first-order chi connectivity index (χ1) is 13.0. The minimum Gasteiger partial charge on any atom is -0.489 e. The number of para-hydroxylation sites is 1. The number of urea groups is 1. The summed E-state index contributed by atoms with van der Waals surface area (Å²) >= 11 is 0. The second-order valence-corrected chi connectivity index (χ2v) is 7.22. The third-order valence-electron chi connectivity index (χ3n) is 4.55. The third kappa shape index (κ3) is 6.94. The maximum absolute atomic E-state index is 12.2. The standard InChI is InChI=1S/C22H31N3O2/c1-17(2)20(25(3)4)15-24-22(26)23-14-19-12-8-9-13-21(19)27-16-18-10-6-5-7-11-18/h5-13,17,20H,14-16H2,1-4H3,(H2,23,24,26)/t20-/m0/s1. The zero-order chi connectivity index (χ0) is 19.6. The number of rotatable bonds is 9. The van der Waals surface area contributed by atoms with E-state index in [4.69, 9.17) is 4.74 Å². The highest BCUT2D eigenvalue weighted by atomic mass is 16.5. The van der Waals surface area contributed by atoms with Crippen molar-refractivity contribution in [1.82, 2.24) is 15.5 Å². The Bertz CT molecular complexity index is 694. The fourth-order valence-electron chi connectivity index (χ4n) is 2.98. The Balaban J connectivity index is 1.85. The fraction of sp³-hybridized carbons (Fsp3) is 0.409. The van der Waals surface area contributed by atoms with Gasteiger partial charge in [0, 0.05) is 24.7 Å². The largest absolute Gasteiger partial charge is 0.489 e. The van der Waals surface area contributed by atoms with Crippen LogP contribution in [0.4, 0.5) is 4.79 Å². The Hall–Kier alpha value is -2.53. The van der Waals surface area contributed by atoms with Gasteiger partial charge in [-0.3, -0.25) is 0 Å². The number of carbonyl (C=O) groups excluding carboxylic acids is 1. The summed E-state index contributed by atoms with van der Waals surface area (Å²) in [5, 5.41) is 5.88. The molecule has 0 aromatic heterocycles. The lowest BCUT2D eigenvalue weighted by Gasteiger charge is -2.28. The maximum Gasteiger partial charge on any atom is 0.315 e. The van der Waals surface area contributed by atoms with Gasteiger partial charge in [0.25, 0.3) is 0 Å². The van der Waals surface area contributed by atoms with E-state index in [9.17, 15) is 4.79 Å². The number of likely N-dealkylation sites (N-methyl/N-ethyl adjacent to an activating group) is 1. The van der Waals surface area contributed by atoms with Crippen molar-refractivity contribution >= 4 is 6.03 Å². The van der Waals surface area contributed by atoms with Crippen LogP contribution in [0.1, 0.15) is 25.0 Å². The number of hydrogen-bond acceptors (Lipinski definition) is 3. The van der Waals surface area contributed by atoms with Crippen molar-refractivity contribution in [3.63, 3.8) is 0 Å². The minimum absolute atomic E-state index is 0.166. The summed E-state index contributed by atoms with van der Waals surface area (Å²) in [4.78, 5) is 14.3. The predicted octanol–water partition coefficient (Wildman–Crippen LogP) is 3.65. The molecule has 5 nitrogen and oxygen atoms in total. The van der Waals surface area contributed by atoms with Gasteiger partial charge in [-0.1, -0.05) is 62.4 Å². The summed E-state index contributed by atoms with van der Waals surface area (Å²) in [7, 11) is 4.06. The molecule has 0 heterocycles. The quantitative estimate of drug-likeness (QED) is 0.709. The molecule has 2 N–H and O–H groups in total. The van der Waals surface area contributed by atoms with E-state index in [1.165, 1.54) is 0 Å². The van der Waals surface area contributed by atoms with Crippen molar-refractivity contribution in [2.75, 3.05) is 20.6 Å². The highest BCUT2D eigenvalue weighted by molar-refractivity contribution is 5.73. The molecule has 0 spiro atoms. The first-order valence-electron chi connectivity index (χ1n) is 9.40. The molecule has 2 aromatic rings. The van der Waals surface area contributed by atoms with Crippen LogP contribution in [0.5, 0.6) is 5.75 Å². The van der Waals surface area contributed by atoms with Gasteiger partial charge in [0.1, 0.15) is 12.4 Å². The van der Waals surface area contributed by atoms with Crippen molar-refractivity contribution in [1.29, 1.82) is 0 Å². The molecular weight excluding hydrogens is 338 g/mol. The summed E-state index contributed by atoms with van der Waals surface area (Å²) in [5.74, 6) is 1.25. The number of nitrogens with zero attached hydrogens (tertiary/aromatic N) is 1. The van der Waals surface area contributed by atoms with Crippen LogP contribution in [0.3, 0.4) is 0 Å². The van der Waals surface area contributed by atoms with Gasteiger partial charge in [0.15, 0.2) is 0 Å². The van der Waals surface area contributed by atoms with Crippen LogP contribution < -0.4 is 15.4 Å². The molecule has 0 bridgehead atoms. The van der Waals surface area contributed by atoms with Gasteiger partial charge >= 0.3 is 6.03 Å². The van der Waals surface area contributed by atoms with Crippen molar-refractivity contribution in [3.05, 3.63) is 65.7 Å². The van der Waals surface area contributed by atoms with Crippen LogP contribution >= 0.6 is 0 Å². The molecule has 0 aliphatic rings. The van der Waals surface area contributed by atoms with Crippen LogP contribution in [0.25, 0.3) is 0 Å². The van der Waals surface area contributed by atoms with Gasteiger partial charge in [0.2, 0.25) is 0 Å². The molecule has 27 heavy (non-hydrogen) atoms. The molecule has 2 amide bonds. The molecule has 0 aliphatic carbocycles. The molecular formula is C22H31N3O2. The van der Waals surface area contributed by atoms with Crippen LogP contribution in [-0.4, -0.2) is 37.6 Å². The number of benzene rings is 2. The summed E-state index contributed by atoms with van der Waals surface area (Å²) < 4.78 is 5.94. The summed E-state index contributed by atoms with van der Waals surface area (Å²) in [5.41, 5.74) is 2.07. The molecule has 0 saturated carbocycles. The topological polar surface area (TPSA) is 53.6 Å². The second-order valence-electron chi connectivity index (χ2n) is 7.22. The smallest absolute Gasteiger partial charge is 0.315 e. The number of ether oxygens (including phenoxy) is 1. The summed E-state index contributed by atoms with van der Waals surface area (Å²) in [6.07, 6.45) is 0. The molecule has 5 heteroatoms. The molecule has 2 aromatic carbocycles. The highest BCUT2D eigenvalue weighted by Gasteiger charge is 2.16. The van der Waals surface area contributed by atoms with E-state index >= 15 is 0 Å². The van der Waals surface area contributed by atoms with Crippen molar-refractivity contribution < 1.29 is 9.53 Å². The summed E-state index contributed by atoms with van der Waals surface area (Å²) in [6.45, 7) is 5.85. The molecule has 146 valence electrons. The van der Waals surface area contributed by atoms with E-state index in [0.717, 1.165) is 16.9 Å². The molecule has 0 saturated heterocycles. The summed E-state index contributed by atoms with van der Waals surface area (Å²) in [6, 6.07) is 18.0. The number of hydrogen-bond donors (Lipinski definition) is 2. The molecule has 0 fully saturated rings. The lowest BCUT2D eigenvalue weighted by molar-refractivity contribution is 0.212. The van der Waals surface area contributed by atoms with E-state index < -0.39 is 0 Å². The van der Waals surface area contributed by atoms with Crippen molar-refractivity contribution in [2.24, 2.45) is 5.92 Å². The molecule has 1 atom stereocenters. The Morgan fingerprint density at radius 3 is 2.33 bits per heavy atom. The lowest BCUT2D eigenvalue weighted by atomic mass is 10.0. The Morgan fingerprint density at radius 2 is 1.67 bits per heavy atom. The van der Waals surface area contributed by atoms with Crippen molar-refractivity contribution in [3.8, 4) is 5.75 Å². The Kier molecular flexibility index (Phi) is 8.14. The van der Waals surface area contributed by atoms with E-state index in [-0.39, 0.29) is 6.03 Å². The van der Waals surface area contributed by atoms with Crippen LogP contribution in [0.15, 0.2) is 54.6 Å². The molecule has 0 unspecified atom stereocenters. The first-order valence-corrected chi connectivity index (χ1v) is 9.40.